The van der Waals surface area contributed by atoms with E-state index in [2.05, 4.69) is 49.6 Å². The molecule has 1 aliphatic heterocycles. The number of hydrogen-bond donors (Lipinski definition) is 2. The molecule has 0 atom stereocenters. The topological polar surface area (TPSA) is 76.6 Å². The van der Waals surface area contributed by atoms with Crippen LogP contribution in [0.1, 0.15) is 5.56 Å². The minimum Gasteiger partial charge on any atom is -0.369 e. The zero-order valence-corrected chi connectivity index (χ0v) is 19.8. The molecular weight excluding hydrogens is 438 g/mol. The van der Waals surface area contributed by atoms with E-state index in [1.807, 2.05) is 31.2 Å². The normalized spacial score (nSPS) is 14.1. The fraction of sp³-hybridized carbons (Fsp3) is 0.292. The molecule has 0 bridgehead atoms. The number of urea groups is 1. The number of aromatic nitrogens is 2. The number of anilines is 5. The number of amides is 2. The molecule has 172 valence electrons. The van der Waals surface area contributed by atoms with Crippen LogP contribution in [0.25, 0.3) is 0 Å². The van der Waals surface area contributed by atoms with E-state index in [-0.39, 0.29) is 6.03 Å². The molecular formula is C24H28ClN7O. The summed E-state index contributed by atoms with van der Waals surface area (Å²) in [5.41, 5.74) is 3.69. The van der Waals surface area contributed by atoms with Crippen LogP contribution in [0.5, 0.6) is 0 Å². The van der Waals surface area contributed by atoms with Gasteiger partial charge in [-0.3, -0.25) is 4.90 Å². The lowest BCUT2D eigenvalue weighted by Crippen LogP contribution is -2.44. The Balaban J connectivity index is 1.41. The van der Waals surface area contributed by atoms with E-state index in [4.69, 9.17) is 11.6 Å². The first-order valence-corrected chi connectivity index (χ1v) is 11.2. The molecule has 0 aliphatic carbocycles. The number of rotatable bonds is 5. The number of carbonyl (C=O) groups is 1. The maximum atomic E-state index is 12.7. The van der Waals surface area contributed by atoms with E-state index in [0.717, 1.165) is 37.4 Å². The van der Waals surface area contributed by atoms with Crippen molar-refractivity contribution in [1.82, 2.24) is 14.9 Å². The maximum absolute atomic E-state index is 12.7. The van der Waals surface area contributed by atoms with Crippen LogP contribution in [0.2, 0.25) is 5.02 Å². The van der Waals surface area contributed by atoms with E-state index in [9.17, 15) is 4.79 Å². The molecule has 3 aromatic rings. The summed E-state index contributed by atoms with van der Waals surface area (Å²) in [6.45, 7) is 6.14. The third-order valence-corrected chi connectivity index (χ3v) is 6.00. The van der Waals surface area contributed by atoms with Crippen molar-refractivity contribution in [2.45, 2.75) is 6.92 Å². The van der Waals surface area contributed by atoms with Gasteiger partial charge in [0.25, 0.3) is 0 Å². The molecule has 1 aromatic heterocycles. The molecule has 1 fully saturated rings. The van der Waals surface area contributed by atoms with E-state index in [1.165, 1.54) is 16.9 Å². The number of halogens is 1. The van der Waals surface area contributed by atoms with Crippen LogP contribution >= 0.6 is 11.6 Å². The Hall–Kier alpha value is -3.36. The molecule has 0 saturated carbocycles. The summed E-state index contributed by atoms with van der Waals surface area (Å²) in [5.74, 6) is 1.06. The second-order valence-corrected chi connectivity index (χ2v) is 8.60. The van der Waals surface area contributed by atoms with Crippen molar-refractivity contribution in [3.63, 3.8) is 0 Å². The molecule has 8 nitrogen and oxygen atoms in total. The zero-order chi connectivity index (χ0) is 23.4. The summed E-state index contributed by atoms with van der Waals surface area (Å²) < 4.78 is 0. The standard InChI is InChI=1S/C24H28ClN7O/c1-17-4-9-20(25)21(14-17)29-24(33)31(3)23-15-22(26-16-27-23)28-18-5-7-19(8-6-18)32-12-10-30(2)11-13-32/h4-9,14-16H,10-13H2,1-3H3,(H,29,33)(H,26,27,28). The van der Waals surface area contributed by atoms with Crippen molar-refractivity contribution < 1.29 is 4.79 Å². The molecule has 0 unspecified atom stereocenters. The number of likely N-dealkylation sites (N-methyl/N-ethyl adjacent to an activating group) is 1. The van der Waals surface area contributed by atoms with Gasteiger partial charge < -0.3 is 20.4 Å². The summed E-state index contributed by atoms with van der Waals surface area (Å²) in [6, 6.07) is 15.1. The molecule has 2 aromatic carbocycles. The highest BCUT2D eigenvalue weighted by Crippen LogP contribution is 2.25. The van der Waals surface area contributed by atoms with Gasteiger partial charge in [-0.1, -0.05) is 17.7 Å². The third-order valence-electron chi connectivity index (χ3n) is 5.67. The Morgan fingerprint density at radius 2 is 1.76 bits per heavy atom. The van der Waals surface area contributed by atoms with Gasteiger partial charge in [0, 0.05) is 50.7 Å². The van der Waals surface area contributed by atoms with Crippen LogP contribution in [0, 0.1) is 6.92 Å². The summed E-state index contributed by atoms with van der Waals surface area (Å²) in [7, 11) is 3.80. The van der Waals surface area contributed by atoms with Crippen molar-refractivity contribution in [2.24, 2.45) is 0 Å². The molecule has 2 amide bonds. The van der Waals surface area contributed by atoms with E-state index in [0.29, 0.717) is 22.3 Å². The van der Waals surface area contributed by atoms with Crippen LogP contribution in [0.15, 0.2) is 54.9 Å². The Bertz CT molecular complexity index is 1110. The van der Waals surface area contributed by atoms with Gasteiger partial charge in [-0.05, 0) is 55.9 Å². The quantitative estimate of drug-likeness (QED) is 0.573. The van der Waals surface area contributed by atoms with E-state index >= 15 is 0 Å². The first-order chi connectivity index (χ1) is 15.9. The van der Waals surface area contributed by atoms with Crippen molar-refractivity contribution in [3.05, 3.63) is 65.4 Å². The molecule has 1 aliphatic rings. The average Bonchev–Trinajstić information content (AvgIpc) is 2.82. The summed E-state index contributed by atoms with van der Waals surface area (Å²) in [6.07, 6.45) is 1.43. The second kappa shape index (κ2) is 10.1. The molecule has 2 heterocycles. The minimum absolute atomic E-state index is 0.344. The average molecular weight is 466 g/mol. The molecule has 0 radical (unpaired) electrons. The van der Waals surface area contributed by atoms with Crippen LogP contribution in [0.3, 0.4) is 0 Å². The fourth-order valence-corrected chi connectivity index (χ4v) is 3.77. The molecule has 33 heavy (non-hydrogen) atoms. The Morgan fingerprint density at radius 3 is 2.48 bits per heavy atom. The number of carbonyl (C=O) groups excluding carboxylic acids is 1. The Morgan fingerprint density at radius 1 is 1.03 bits per heavy atom. The summed E-state index contributed by atoms with van der Waals surface area (Å²) >= 11 is 6.20. The van der Waals surface area contributed by atoms with Gasteiger partial charge in [-0.2, -0.15) is 0 Å². The second-order valence-electron chi connectivity index (χ2n) is 8.20. The lowest BCUT2D eigenvalue weighted by atomic mass is 10.2. The van der Waals surface area contributed by atoms with Crippen LogP contribution in [0.4, 0.5) is 33.5 Å². The smallest absolute Gasteiger partial charge is 0.327 e. The van der Waals surface area contributed by atoms with E-state index < -0.39 is 0 Å². The maximum Gasteiger partial charge on any atom is 0.327 e. The van der Waals surface area contributed by atoms with Crippen molar-refractivity contribution in [3.8, 4) is 0 Å². The predicted molar refractivity (Wildman–Crippen MR) is 135 cm³/mol. The van der Waals surface area contributed by atoms with E-state index in [1.54, 1.807) is 19.2 Å². The van der Waals surface area contributed by atoms with Crippen molar-refractivity contribution in [1.29, 1.82) is 0 Å². The van der Waals surface area contributed by atoms with Crippen LogP contribution in [-0.4, -0.2) is 61.2 Å². The lowest BCUT2D eigenvalue weighted by molar-refractivity contribution is 0.258. The third kappa shape index (κ3) is 5.71. The zero-order valence-electron chi connectivity index (χ0n) is 19.0. The number of hydrogen-bond acceptors (Lipinski definition) is 6. The number of piperazine rings is 1. The van der Waals surface area contributed by atoms with Gasteiger partial charge in [0.2, 0.25) is 0 Å². The first-order valence-electron chi connectivity index (χ1n) is 10.8. The van der Waals surface area contributed by atoms with Gasteiger partial charge in [0.15, 0.2) is 0 Å². The highest BCUT2D eigenvalue weighted by Gasteiger charge is 2.16. The van der Waals surface area contributed by atoms with Gasteiger partial charge >= 0.3 is 6.03 Å². The Kier molecular flexibility index (Phi) is 6.96. The minimum atomic E-state index is -0.344. The molecule has 9 heteroatoms. The number of nitrogens with one attached hydrogen (secondary N) is 2. The van der Waals surface area contributed by atoms with Crippen LogP contribution in [-0.2, 0) is 0 Å². The number of nitrogens with zero attached hydrogens (tertiary/aromatic N) is 5. The monoisotopic (exact) mass is 465 g/mol. The number of benzene rings is 2. The van der Waals surface area contributed by atoms with Crippen molar-refractivity contribution >= 4 is 46.3 Å². The van der Waals surface area contributed by atoms with Gasteiger partial charge in [0.1, 0.15) is 18.0 Å². The van der Waals surface area contributed by atoms with Gasteiger partial charge in [-0.25, -0.2) is 14.8 Å². The first kappa shape index (κ1) is 22.8. The SMILES string of the molecule is Cc1ccc(Cl)c(NC(=O)N(C)c2cc(Nc3ccc(N4CCN(C)CC4)cc3)ncn2)c1. The van der Waals surface area contributed by atoms with Gasteiger partial charge in [0.05, 0.1) is 10.7 Å². The fourth-order valence-electron chi connectivity index (χ4n) is 3.60. The highest BCUT2D eigenvalue weighted by atomic mass is 35.5. The molecule has 1 saturated heterocycles. The lowest BCUT2D eigenvalue weighted by Gasteiger charge is -2.34. The highest BCUT2D eigenvalue weighted by molar-refractivity contribution is 6.33. The number of aryl methyl sites for hydroxylation is 1. The predicted octanol–water partition coefficient (Wildman–Crippen LogP) is 4.60. The van der Waals surface area contributed by atoms with Gasteiger partial charge in [-0.15, -0.1) is 0 Å². The molecule has 4 rings (SSSR count). The molecule has 2 N–H and O–H groups in total. The van der Waals surface area contributed by atoms with Crippen molar-refractivity contribution in [2.75, 3.05) is 60.7 Å². The molecule has 0 spiro atoms. The largest absolute Gasteiger partial charge is 0.369 e. The van der Waals surface area contributed by atoms with Crippen LogP contribution < -0.4 is 20.4 Å². The summed E-state index contributed by atoms with van der Waals surface area (Å²) in [5, 5.41) is 6.59. The summed E-state index contributed by atoms with van der Waals surface area (Å²) in [4.78, 5) is 27.4. The Labute approximate surface area is 199 Å².